The summed E-state index contributed by atoms with van der Waals surface area (Å²) in [5, 5.41) is 3.32. The summed E-state index contributed by atoms with van der Waals surface area (Å²) in [6.07, 6.45) is 2.68. The normalized spacial score (nSPS) is 13.6. The maximum atomic E-state index is 12.7. The summed E-state index contributed by atoms with van der Waals surface area (Å²) in [7, 11) is -3.66. The van der Waals surface area contributed by atoms with Gasteiger partial charge in [-0.05, 0) is 50.5 Å². The molecule has 7 heteroatoms. The molecule has 0 saturated carbocycles. The fourth-order valence-electron chi connectivity index (χ4n) is 2.89. The quantitative estimate of drug-likeness (QED) is 0.725. The van der Waals surface area contributed by atoms with Crippen molar-refractivity contribution in [2.45, 2.75) is 38.8 Å². The highest BCUT2D eigenvalue weighted by Crippen LogP contribution is 2.24. The molecule has 0 aliphatic rings. The van der Waals surface area contributed by atoms with Gasteiger partial charge in [-0.25, -0.2) is 8.42 Å². The molecule has 0 aliphatic carbocycles. The molecule has 2 atom stereocenters. The first-order valence-electron chi connectivity index (χ1n) is 8.77. The monoisotopic (exact) mass is 408 g/mol. The molecule has 0 fully saturated rings. The van der Waals surface area contributed by atoms with Crippen LogP contribution in [0.25, 0.3) is 0 Å². The summed E-state index contributed by atoms with van der Waals surface area (Å²) in [5.41, 5.74) is 1.56. The van der Waals surface area contributed by atoms with Gasteiger partial charge in [0.05, 0.1) is 11.9 Å². The van der Waals surface area contributed by atoms with Crippen molar-refractivity contribution in [3.05, 3.63) is 65.2 Å². The van der Waals surface area contributed by atoms with Crippen LogP contribution in [-0.4, -0.2) is 32.7 Å². The Morgan fingerprint density at radius 1 is 1.11 bits per heavy atom. The second-order valence-corrected chi connectivity index (χ2v) is 8.94. The average Bonchev–Trinajstić information content (AvgIpc) is 2.60. The number of carbonyl (C=O) groups is 1. The van der Waals surface area contributed by atoms with Gasteiger partial charge >= 0.3 is 0 Å². The number of aryl methyl sites for hydroxylation is 1. The van der Waals surface area contributed by atoms with E-state index in [2.05, 4.69) is 5.32 Å². The summed E-state index contributed by atoms with van der Waals surface area (Å²) >= 11 is 5.99. The van der Waals surface area contributed by atoms with E-state index in [9.17, 15) is 13.2 Å². The van der Waals surface area contributed by atoms with E-state index in [1.807, 2.05) is 37.3 Å². The number of carbonyl (C=O) groups excluding carboxylic acids is 1. The van der Waals surface area contributed by atoms with Crippen molar-refractivity contribution in [1.82, 2.24) is 5.32 Å². The minimum absolute atomic E-state index is 0.0825. The molecule has 146 valence electrons. The van der Waals surface area contributed by atoms with Crippen molar-refractivity contribution in [3.63, 3.8) is 0 Å². The van der Waals surface area contributed by atoms with Gasteiger partial charge in [0.1, 0.15) is 6.04 Å². The number of hydrogen-bond acceptors (Lipinski definition) is 3. The van der Waals surface area contributed by atoms with Gasteiger partial charge in [-0.1, -0.05) is 48.0 Å². The molecule has 0 aliphatic heterocycles. The van der Waals surface area contributed by atoms with Crippen LogP contribution in [0.3, 0.4) is 0 Å². The van der Waals surface area contributed by atoms with Crippen LogP contribution in [0.4, 0.5) is 5.69 Å². The molecule has 2 aromatic rings. The lowest BCUT2D eigenvalue weighted by Gasteiger charge is -2.29. The van der Waals surface area contributed by atoms with Gasteiger partial charge in [0, 0.05) is 11.1 Å². The average molecular weight is 409 g/mol. The summed E-state index contributed by atoms with van der Waals surface area (Å²) in [4.78, 5) is 12.7. The number of sulfonamides is 1. The lowest BCUT2D eigenvalue weighted by molar-refractivity contribution is -0.122. The number of nitrogens with one attached hydrogen (secondary N) is 1. The van der Waals surface area contributed by atoms with Gasteiger partial charge in [0.15, 0.2) is 0 Å². The van der Waals surface area contributed by atoms with Crippen molar-refractivity contribution >= 4 is 33.2 Å². The molecular weight excluding hydrogens is 384 g/mol. The van der Waals surface area contributed by atoms with Crippen LogP contribution in [0.15, 0.2) is 54.6 Å². The molecular formula is C20H25ClN2O3S. The Hall–Kier alpha value is -2.05. The van der Waals surface area contributed by atoms with E-state index in [1.165, 1.54) is 11.6 Å². The predicted octanol–water partition coefficient (Wildman–Crippen LogP) is 3.63. The molecule has 0 heterocycles. The van der Waals surface area contributed by atoms with Crippen molar-refractivity contribution in [2.24, 2.45) is 0 Å². The predicted molar refractivity (Wildman–Crippen MR) is 111 cm³/mol. The summed E-state index contributed by atoms with van der Waals surface area (Å²) in [5.74, 6) is -0.346. The van der Waals surface area contributed by atoms with Crippen molar-refractivity contribution in [2.75, 3.05) is 10.6 Å². The molecule has 2 rings (SSSR count). The molecule has 2 unspecified atom stereocenters. The maximum absolute atomic E-state index is 12.7. The van der Waals surface area contributed by atoms with Crippen molar-refractivity contribution in [1.29, 1.82) is 0 Å². The fourth-order valence-corrected chi connectivity index (χ4v) is 4.24. The molecule has 2 aromatic carbocycles. The Morgan fingerprint density at radius 3 is 2.37 bits per heavy atom. The Morgan fingerprint density at radius 2 is 1.78 bits per heavy atom. The minimum atomic E-state index is -3.66. The fraction of sp³-hybridized carbons (Fsp3) is 0.350. The highest BCUT2D eigenvalue weighted by atomic mass is 35.5. The number of anilines is 1. The third-order valence-corrected chi connectivity index (χ3v) is 5.73. The Kier molecular flexibility index (Phi) is 7.27. The van der Waals surface area contributed by atoms with Crippen LogP contribution in [-0.2, 0) is 21.2 Å². The molecule has 0 bridgehead atoms. The van der Waals surface area contributed by atoms with E-state index in [1.54, 1.807) is 25.1 Å². The van der Waals surface area contributed by atoms with Crippen LogP contribution in [0.1, 0.15) is 25.8 Å². The summed E-state index contributed by atoms with van der Waals surface area (Å²) in [6.45, 7) is 3.49. The third kappa shape index (κ3) is 6.26. The topological polar surface area (TPSA) is 66.5 Å². The number of amides is 1. The zero-order valence-electron chi connectivity index (χ0n) is 15.7. The second kappa shape index (κ2) is 9.24. The van der Waals surface area contributed by atoms with Crippen LogP contribution >= 0.6 is 11.6 Å². The van der Waals surface area contributed by atoms with Gasteiger partial charge in [-0.15, -0.1) is 0 Å². The van der Waals surface area contributed by atoms with Crippen LogP contribution in [0, 0.1) is 0 Å². The van der Waals surface area contributed by atoms with E-state index in [0.717, 1.165) is 23.4 Å². The Balaban J connectivity index is 2.06. The summed E-state index contributed by atoms with van der Waals surface area (Å²) < 4.78 is 25.7. The smallest absolute Gasteiger partial charge is 0.243 e. The van der Waals surface area contributed by atoms with Crippen LogP contribution in [0.2, 0.25) is 5.02 Å². The number of benzene rings is 2. The Bertz CT molecular complexity index is 872. The lowest BCUT2D eigenvalue weighted by Crippen LogP contribution is -2.50. The lowest BCUT2D eigenvalue weighted by atomic mass is 10.1. The first-order valence-corrected chi connectivity index (χ1v) is 11.0. The van der Waals surface area contributed by atoms with Gasteiger partial charge in [-0.2, -0.15) is 0 Å². The molecule has 5 nitrogen and oxygen atoms in total. The molecule has 0 saturated heterocycles. The number of hydrogen-bond donors (Lipinski definition) is 1. The minimum Gasteiger partial charge on any atom is -0.352 e. The van der Waals surface area contributed by atoms with E-state index >= 15 is 0 Å². The summed E-state index contributed by atoms with van der Waals surface area (Å²) in [6, 6.07) is 15.5. The number of halogens is 1. The number of nitrogens with zero attached hydrogens (tertiary/aromatic N) is 1. The van der Waals surface area contributed by atoms with Crippen LogP contribution in [0.5, 0.6) is 0 Å². The molecule has 1 amide bonds. The molecule has 0 spiro atoms. The first-order chi connectivity index (χ1) is 12.7. The second-order valence-electron chi connectivity index (χ2n) is 6.65. The first kappa shape index (κ1) is 21.3. The third-order valence-electron chi connectivity index (χ3n) is 4.25. The van der Waals surface area contributed by atoms with Gasteiger partial charge < -0.3 is 5.32 Å². The zero-order chi connectivity index (χ0) is 20.0. The van der Waals surface area contributed by atoms with E-state index < -0.39 is 16.1 Å². The largest absolute Gasteiger partial charge is 0.352 e. The number of rotatable bonds is 8. The standard InChI is InChI=1S/C20H25ClN2O3S/c1-15(12-13-17-8-5-4-6-9-17)22-20(24)16(2)23(27(3,25)26)19-11-7-10-18(21)14-19/h4-11,14-16H,12-13H2,1-3H3,(H,22,24). The van der Waals surface area contributed by atoms with E-state index in [0.29, 0.717) is 10.7 Å². The molecule has 0 aromatic heterocycles. The highest BCUT2D eigenvalue weighted by molar-refractivity contribution is 7.92. The SMILES string of the molecule is CC(CCc1ccccc1)NC(=O)C(C)N(c1cccc(Cl)c1)S(C)(=O)=O. The van der Waals surface area contributed by atoms with Crippen molar-refractivity contribution in [3.8, 4) is 0 Å². The molecule has 27 heavy (non-hydrogen) atoms. The molecule has 0 radical (unpaired) electrons. The zero-order valence-corrected chi connectivity index (χ0v) is 17.3. The van der Waals surface area contributed by atoms with Crippen molar-refractivity contribution < 1.29 is 13.2 Å². The van der Waals surface area contributed by atoms with Gasteiger partial charge in [-0.3, -0.25) is 9.10 Å². The van der Waals surface area contributed by atoms with E-state index in [-0.39, 0.29) is 11.9 Å². The van der Waals surface area contributed by atoms with Crippen LogP contribution < -0.4 is 9.62 Å². The van der Waals surface area contributed by atoms with E-state index in [4.69, 9.17) is 11.6 Å². The highest BCUT2D eigenvalue weighted by Gasteiger charge is 2.29. The Labute approximate surface area is 166 Å². The van der Waals surface area contributed by atoms with Gasteiger partial charge in [0.25, 0.3) is 0 Å². The maximum Gasteiger partial charge on any atom is 0.243 e. The van der Waals surface area contributed by atoms with Gasteiger partial charge in [0.2, 0.25) is 15.9 Å². The molecule has 1 N–H and O–H groups in total.